The Hall–Kier alpha value is -2.87. The summed E-state index contributed by atoms with van der Waals surface area (Å²) in [7, 11) is 1.83. The van der Waals surface area contributed by atoms with E-state index in [1.807, 2.05) is 31.3 Å². The zero-order chi connectivity index (χ0) is 20.0. The molecule has 0 atom stereocenters. The molecule has 150 valence electrons. The van der Waals surface area contributed by atoms with Gasteiger partial charge in [-0.15, -0.1) is 0 Å². The SMILES string of the molecule is CN1CCN(c2nc(Nc3cc(C4CC4)[nH]n3)c3cc(Cl)ccc3n2)CCC1=O. The molecule has 1 saturated heterocycles. The Labute approximate surface area is 173 Å². The predicted molar refractivity (Wildman–Crippen MR) is 113 cm³/mol. The van der Waals surface area contributed by atoms with Crippen LogP contribution in [-0.2, 0) is 4.79 Å². The minimum absolute atomic E-state index is 0.141. The summed E-state index contributed by atoms with van der Waals surface area (Å²) in [5, 5.41) is 12.3. The molecule has 0 unspecified atom stereocenters. The van der Waals surface area contributed by atoms with Crippen LogP contribution in [-0.4, -0.2) is 57.7 Å². The first-order chi connectivity index (χ1) is 14.1. The Kier molecular flexibility index (Phi) is 4.50. The number of nitrogens with one attached hydrogen (secondary N) is 2. The Morgan fingerprint density at radius 1 is 1.17 bits per heavy atom. The highest BCUT2D eigenvalue weighted by Crippen LogP contribution is 2.40. The van der Waals surface area contributed by atoms with Crippen LogP contribution in [0.25, 0.3) is 10.9 Å². The maximum Gasteiger partial charge on any atom is 0.227 e. The number of benzene rings is 1. The third-order valence-corrected chi connectivity index (χ3v) is 5.75. The number of nitrogens with zero attached hydrogens (tertiary/aromatic N) is 5. The van der Waals surface area contributed by atoms with Crippen LogP contribution in [0, 0.1) is 0 Å². The summed E-state index contributed by atoms with van der Waals surface area (Å²) in [6, 6.07) is 7.61. The lowest BCUT2D eigenvalue weighted by Crippen LogP contribution is -2.31. The molecule has 1 saturated carbocycles. The highest BCUT2D eigenvalue weighted by Gasteiger charge is 2.26. The summed E-state index contributed by atoms with van der Waals surface area (Å²) in [6.07, 6.45) is 2.87. The lowest BCUT2D eigenvalue weighted by Gasteiger charge is -2.21. The van der Waals surface area contributed by atoms with Crippen molar-refractivity contribution < 1.29 is 4.79 Å². The fourth-order valence-electron chi connectivity index (χ4n) is 3.58. The average Bonchev–Trinajstić information content (AvgIpc) is 3.49. The quantitative estimate of drug-likeness (QED) is 0.684. The molecule has 0 radical (unpaired) electrons. The molecule has 1 aliphatic carbocycles. The molecule has 2 aromatic heterocycles. The molecule has 1 aromatic carbocycles. The van der Waals surface area contributed by atoms with Gasteiger partial charge in [0, 0.05) is 61.2 Å². The van der Waals surface area contributed by atoms with E-state index in [2.05, 4.69) is 20.4 Å². The van der Waals surface area contributed by atoms with Gasteiger partial charge in [-0.25, -0.2) is 4.98 Å². The molecule has 1 aliphatic heterocycles. The van der Waals surface area contributed by atoms with Crippen molar-refractivity contribution in [1.82, 2.24) is 25.1 Å². The number of fused-ring (bicyclic) bond motifs is 1. The lowest BCUT2D eigenvalue weighted by atomic mass is 10.2. The van der Waals surface area contributed by atoms with Gasteiger partial charge in [-0.1, -0.05) is 11.6 Å². The first kappa shape index (κ1) is 18.2. The van der Waals surface area contributed by atoms with E-state index in [9.17, 15) is 4.79 Å². The molecule has 3 heterocycles. The van der Waals surface area contributed by atoms with E-state index in [4.69, 9.17) is 21.6 Å². The van der Waals surface area contributed by atoms with Crippen molar-refractivity contribution in [1.29, 1.82) is 0 Å². The van der Waals surface area contributed by atoms with Crippen LogP contribution in [0.2, 0.25) is 5.02 Å². The van der Waals surface area contributed by atoms with E-state index in [0.29, 0.717) is 48.8 Å². The molecule has 8 nitrogen and oxygen atoms in total. The maximum atomic E-state index is 12.0. The number of H-pyrrole nitrogens is 1. The van der Waals surface area contributed by atoms with Crippen molar-refractivity contribution in [3.8, 4) is 0 Å². The van der Waals surface area contributed by atoms with Crippen molar-refractivity contribution in [2.75, 3.05) is 36.9 Å². The molecule has 29 heavy (non-hydrogen) atoms. The number of hydrogen-bond donors (Lipinski definition) is 2. The zero-order valence-electron chi connectivity index (χ0n) is 16.2. The van der Waals surface area contributed by atoms with Gasteiger partial charge in [0.2, 0.25) is 11.9 Å². The van der Waals surface area contributed by atoms with Crippen LogP contribution in [0.4, 0.5) is 17.6 Å². The van der Waals surface area contributed by atoms with Crippen molar-refractivity contribution in [2.45, 2.75) is 25.2 Å². The van der Waals surface area contributed by atoms with Gasteiger partial charge in [-0.05, 0) is 31.0 Å². The van der Waals surface area contributed by atoms with E-state index >= 15 is 0 Å². The van der Waals surface area contributed by atoms with Gasteiger partial charge in [0.05, 0.1) is 5.52 Å². The Morgan fingerprint density at radius 3 is 2.86 bits per heavy atom. The van der Waals surface area contributed by atoms with Crippen LogP contribution in [0.5, 0.6) is 0 Å². The second-order valence-corrected chi connectivity index (χ2v) is 8.13. The predicted octanol–water partition coefficient (Wildman–Crippen LogP) is 3.30. The van der Waals surface area contributed by atoms with E-state index in [1.54, 1.807) is 4.90 Å². The summed E-state index contributed by atoms with van der Waals surface area (Å²) in [4.78, 5) is 25.4. The van der Waals surface area contributed by atoms with Crippen LogP contribution in [0.15, 0.2) is 24.3 Å². The summed E-state index contributed by atoms with van der Waals surface area (Å²) >= 11 is 6.23. The Balaban J connectivity index is 1.51. The average molecular weight is 412 g/mol. The van der Waals surface area contributed by atoms with Crippen molar-refractivity contribution in [2.24, 2.45) is 0 Å². The van der Waals surface area contributed by atoms with E-state index in [-0.39, 0.29) is 5.91 Å². The molecule has 5 rings (SSSR count). The number of rotatable bonds is 4. The van der Waals surface area contributed by atoms with Crippen LogP contribution in [0.3, 0.4) is 0 Å². The second kappa shape index (κ2) is 7.18. The van der Waals surface area contributed by atoms with Crippen LogP contribution in [0.1, 0.15) is 30.9 Å². The van der Waals surface area contributed by atoms with Crippen LogP contribution >= 0.6 is 11.6 Å². The normalized spacial score (nSPS) is 17.7. The third-order valence-electron chi connectivity index (χ3n) is 5.52. The number of carbonyl (C=O) groups excluding carboxylic acids is 1. The highest BCUT2D eigenvalue weighted by atomic mass is 35.5. The first-order valence-corrected chi connectivity index (χ1v) is 10.2. The van der Waals surface area contributed by atoms with E-state index < -0.39 is 0 Å². The van der Waals surface area contributed by atoms with E-state index in [1.165, 1.54) is 12.8 Å². The molecule has 9 heteroatoms. The third kappa shape index (κ3) is 3.72. The molecule has 2 fully saturated rings. The Bertz CT molecular complexity index is 1080. The molecule has 1 amide bonds. The molecular formula is C20H22ClN7O. The fraction of sp³-hybridized carbons (Fsp3) is 0.400. The van der Waals surface area contributed by atoms with Gasteiger partial charge in [-0.2, -0.15) is 10.1 Å². The number of amides is 1. The zero-order valence-corrected chi connectivity index (χ0v) is 16.9. The topological polar surface area (TPSA) is 90.0 Å². The standard InChI is InChI=1S/C20H22ClN7O/c1-27-8-9-28(7-6-18(27)29)20-22-15-5-4-13(21)10-14(15)19(24-20)23-17-11-16(25-26-17)12-2-3-12/h4-5,10-12H,2-3,6-9H2,1H3,(H2,22,23,24,25,26). The number of likely N-dealkylation sites (N-methyl/N-ethyl adjacent to an activating group) is 1. The molecule has 2 N–H and O–H groups in total. The molecule has 0 bridgehead atoms. The lowest BCUT2D eigenvalue weighted by molar-refractivity contribution is -0.129. The monoisotopic (exact) mass is 411 g/mol. The number of halogens is 1. The van der Waals surface area contributed by atoms with Gasteiger partial charge in [0.15, 0.2) is 5.82 Å². The highest BCUT2D eigenvalue weighted by molar-refractivity contribution is 6.31. The first-order valence-electron chi connectivity index (χ1n) is 9.85. The van der Waals surface area contributed by atoms with Crippen molar-refractivity contribution in [3.63, 3.8) is 0 Å². The second-order valence-electron chi connectivity index (χ2n) is 7.69. The van der Waals surface area contributed by atoms with Gasteiger partial charge in [0.1, 0.15) is 5.82 Å². The molecule has 0 spiro atoms. The van der Waals surface area contributed by atoms with Gasteiger partial charge in [-0.3, -0.25) is 9.89 Å². The summed E-state index contributed by atoms with van der Waals surface area (Å²) < 4.78 is 0. The van der Waals surface area contributed by atoms with E-state index in [0.717, 1.165) is 22.4 Å². The number of aromatic amines is 1. The van der Waals surface area contributed by atoms with Gasteiger partial charge < -0.3 is 15.1 Å². The molecular weight excluding hydrogens is 390 g/mol. The van der Waals surface area contributed by atoms with Crippen molar-refractivity contribution in [3.05, 3.63) is 35.0 Å². The number of anilines is 3. The summed E-state index contributed by atoms with van der Waals surface area (Å²) in [6.45, 7) is 1.93. The van der Waals surface area contributed by atoms with Gasteiger partial charge >= 0.3 is 0 Å². The maximum absolute atomic E-state index is 12.0. The summed E-state index contributed by atoms with van der Waals surface area (Å²) in [5.41, 5.74) is 1.95. The smallest absolute Gasteiger partial charge is 0.227 e. The number of carbonyl (C=O) groups is 1. The minimum atomic E-state index is 0.141. The fourth-order valence-corrected chi connectivity index (χ4v) is 3.75. The largest absolute Gasteiger partial charge is 0.344 e. The number of aromatic nitrogens is 4. The number of hydrogen-bond acceptors (Lipinski definition) is 6. The molecule has 2 aliphatic rings. The van der Waals surface area contributed by atoms with Gasteiger partial charge in [0.25, 0.3) is 0 Å². The van der Waals surface area contributed by atoms with Crippen LogP contribution < -0.4 is 10.2 Å². The molecule has 3 aromatic rings. The Morgan fingerprint density at radius 2 is 2.03 bits per heavy atom. The summed E-state index contributed by atoms with van der Waals surface area (Å²) in [5.74, 6) is 2.72. The minimum Gasteiger partial charge on any atom is -0.344 e. The van der Waals surface area contributed by atoms with Crippen molar-refractivity contribution >= 4 is 46.0 Å².